The highest BCUT2D eigenvalue weighted by molar-refractivity contribution is 5.87. The molecule has 12 heavy (non-hydrogen) atoms. The van der Waals surface area contributed by atoms with Gasteiger partial charge in [0.25, 0.3) is 0 Å². The minimum Gasteiger partial charge on any atom is -0.335 e. The Bertz CT molecular complexity index is 260. The van der Waals surface area contributed by atoms with Crippen LogP contribution in [0.5, 0.6) is 0 Å². The molecular formula is C7H8N4O. The largest absolute Gasteiger partial charge is 0.335 e. The number of hydrogen-bond acceptors (Lipinski definition) is 4. The highest BCUT2D eigenvalue weighted by atomic mass is 16.1. The average molecular weight is 164 g/mol. The van der Waals surface area contributed by atoms with Crippen LogP contribution in [0, 0.1) is 22.7 Å². The summed E-state index contributed by atoms with van der Waals surface area (Å²) in [6, 6.07) is 1.34. The van der Waals surface area contributed by atoms with Gasteiger partial charge in [0.05, 0.1) is 12.1 Å². The number of carbonyl (C=O) groups is 1. The van der Waals surface area contributed by atoms with Crippen molar-refractivity contribution in [3.8, 4) is 12.1 Å². The Kier molecular flexibility index (Phi) is 4.13. The van der Waals surface area contributed by atoms with Crippen molar-refractivity contribution in [2.45, 2.75) is 12.1 Å². The average Bonchev–Trinajstić information content (AvgIpc) is 2.12. The molecule has 1 amide bonds. The number of nitriles is 2. The molecule has 0 fully saturated rings. The van der Waals surface area contributed by atoms with E-state index in [9.17, 15) is 4.79 Å². The molecule has 2 unspecified atom stereocenters. The summed E-state index contributed by atoms with van der Waals surface area (Å²) >= 11 is 0. The van der Waals surface area contributed by atoms with Gasteiger partial charge < -0.3 is 11.1 Å². The maximum atomic E-state index is 10.7. The predicted octanol–water partition coefficient (Wildman–Crippen LogP) is -0.968. The third-order valence-electron chi connectivity index (χ3n) is 1.13. The van der Waals surface area contributed by atoms with E-state index in [4.69, 9.17) is 16.3 Å². The van der Waals surface area contributed by atoms with Gasteiger partial charge in [-0.2, -0.15) is 10.5 Å². The molecule has 0 heterocycles. The summed E-state index contributed by atoms with van der Waals surface area (Å²) in [5.41, 5.74) is 5.20. The molecule has 0 aromatic carbocycles. The molecule has 0 aliphatic carbocycles. The van der Waals surface area contributed by atoms with Crippen molar-refractivity contribution in [3.63, 3.8) is 0 Å². The second-order valence-corrected chi connectivity index (χ2v) is 1.97. The molecule has 62 valence electrons. The molecule has 0 aliphatic heterocycles. The van der Waals surface area contributed by atoms with Crippen LogP contribution in [0.4, 0.5) is 0 Å². The maximum absolute atomic E-state index is 10.7. The number of nitrogens with two attached hydrogens (primary N) is 1. The van der Waals surface area contributed by atoms with E-state index in [1.807, 2.05) is 0 Å². The molecule has 0 bridgehead atoms. The monoisotopic (exact) mass is 164 g/mol. The SMILES string of the molecule is C=CC(=O)NC(C#N)C(N)C#N. The molecule has 0 aromatic heterocycles. The molecule has 0 spiro atoms. The van der Waals surface area contributed by atoms with E-state index in [2.05, 4.69) is 11.9 Å². The van der Waals surface area contributed by atoms with Gasteiger partial charge in [0, 0.05) is 0 Å². The molecule has 0 saturated heterocycles. The first-order valence-corrected chi connectivity index (χ1v) is 3.13. The van der Waals surface area contributed by atoms with Crippen molar-refractivity contribution < 1.29 is 4.79 Å². The third kappa shape index (κ3) is 2.82. The highest BCUT2D eigenvalue weighted by Gasteiger charge is 2.17. The lowest BCUT2D eigenvalue weighted by Gasteiger charge is -2.10. The van der Waals surface area contributed by atoms with Crippen LogP contribution in [-0.2, 0) is 4.79 Å². The fourth-order valence-electron chi connectivity index (χ4n) is 0.489. The lowest BCUT2D eigenvalue weighted by molar-refractivity contribution is -0.116. The number of hydrogen-bond donors (Lipinski definition) is 2. The van der Waals surface area contributed by atoms with Crippen LogP contribution in [0.2, 0.25) is 0 Å². The van der Waals surface area contributed by atoms with Gasteiger partial charge in [-0.05, 0) is 6.08 Å². The Morgan fingerprint density at radius 2 is 2.17 bits per heavy atom. The Hall–Kier alpha value is -1.85. The van der Waals surface area contributed by atoms with Gasteiger partial charge in [-0.1, -0.05) is 6.58 Å². The van der Waals surface area contributed by atoms with E-state index >= 15 is 0 Å². The van der Waals surface area contributed by atoms with Crippen LogP contribution in [0.15, 0.2) is 12.7 Å². The summed E-state index contributed by atoms with van der Waals surface area (Å²) in [6.45, 7) is 3.19. The Balaban J connectivity index is 4.22. The summed E-state index contributed by atoms with van der Waals surface area (Å²) < 4.78 is 0. The standard InChI is InChI=1S/C7H8N4O/c1-2-7(12)11-6(4-9)5(10)3-8/h2,5-6H,1,10H2,(H,11,12). The summed E-state index contributed by atoms with van der Waals surface area (Å²) in [6.07, 6.45) is 1.01. The maximum Gasteiger partial charge on any atom is 0.244 e. The summed E-state index contributed by atoms with van der Waals surface area (Å²) in [7, 11) is 0. The van der Waals surface area contributed by atoms with Crippen molar-refractivity contribution >= 4 is 5.91 Å². The molecule has 5 heteroatoms. The first-order chi connectivity index (χ1) is 5.65. The van der Waals surface area contributed by atoms with Crippen molar-refractivity contribution in [2.75, 3.05) is 0 Å². The number of rotatable bonds is 3. The first kappa shape index (κ1) is 10.2. The number of nitrogens with one attached hydrogen (secondary N) is 1. The first-order valence-electron chi connectivity index (χ1n) is 3.13. The van der Waals surface area contributed by atoms with E-state index in [1.54, 1.807) is 12.1 Å². The normalized spacial score (nSPS) is 13.2. The van der Waals surface area contributed by atoms with E-state index in [0.717, 1.165) is 6.08 Å². The molecule has 3 N–H and O–H groups in total. The molecule has 0 aromatic rings. The van der Waals surface area contributed by atoms with Crippen LogP contribution in [0.1, 0.15) is 0 Å². The summed E-state index contributed by atoms with van der Waals surface area (Å²) in [5, 5.41) is 19.0. The van der Waals surface area contributed by atoms with Gasteiger partial charge in [-0.25, -0.2) is 0 Å². The molecule has 2 atom stereocenters. The van der Waals surface area contributed by atoms with Crippen LogP contribution >= 0.6 is 0 Å². The van der Waals surface area contributed by atoms with Crippen molar-refractivity contribution in [2.24, 2.45) is 5.73 Å². The Labute approximate surface area is 70.1 Å². The summed E-state index contributed by atoms with van der Waals surface area (Å²) in [4.78, 5) is 10.7. The van der Waals surface area contributed by atoms with E-state index in [0.29, 0.717) is 0 Å². The molecule has 0 saturated carbocycles. The summed E-state index contributed by atoms with van der Waals surface area (Å²) in [5.74, 6) is -0.521. The highest BCUT2D eigenvalue weighted by Crippen LogP contribution is 1.87. The zero-order chi connectivity index (χ0) is 9.56. The van der Waals surface area contributed by atoms with Gasteiger partial charge in [0.15, 0.2) is 0 Å². The number of carbonyl (C=O) groups excluding carboxylic acids is 1. The van der Waals surface area contributed by atoms with E-state index < -0.39 is 18.0 Å². The Morgan fingerprint density at radius 3 is 2.50 bits per heavy atom. The predicted molar refractivity (Wildman–Crippen MR) is 41.3 cm³/mol. The van der Waals surface area contributed by atoms with Crippen LogP contribution in [-0.4, -0.2) is 18.0 Å². The quantitative estimate of drug-likeness (QED) is 0.524. The van der Waals surface area contributed by atoms with E-state index in [-0.39, 0.29) is 0 Å². The number of nitrogens with zero attached hydrogens (tertiary/aromatic N) is 2. The smallest absolute Gasteiger partial charge is 0.244 e. The topological polar surface area (TPSA) is 103 Å². The van der Waals surface area contributed by atoms with Crippen LogP contribution < -0.4 is 11.1 Å². The third-order valence-corrected chi connectivity index (χ3v) is 1.13. The van der Waals surface area contributed by atoms with Gasteiger partial charge in [-0.3, -0.25) is 4.79 Å². The fourth-order valence-corrected chi connectivity index (χ4v) is 0.489. The fraction of sp³-hybridized carbons (Fsp3) is 0.286. The Morgan fingerprint density at radius 1 is 1.58 bits per heavy atom. The molecule has 5 nitrogen and oxygen atoms in total. The minimum atomic E-state index is -1.01. The zero-order valence-electron chi connectivity index (χ0n) is 6.32. The number of amides is 1. The minimum absolute atomic E-state index is 0.521. The molecular weight excluding hydrogens is 156 g/mol. The van der Waals surface area contributed by atoms with E-state index in [1.165, 1.54) is 0 Å². The van der Waals surface area contributed by atoms with Gasteiger partial charge in [0.1, 0.15) is 12.1 Å². The lowest BCUT2D eigenvalue weighted by Crippen LogP contribution is -2.45. The van der Waals surface area contributed by atoms with Crippen LogP contribution in [0.25, 0.3) is 0 Å². The van der Waals surface area contributed by atoms with Crippen LogP contribution in [0.3, 0.4) is 0 Å². The van der Waals surface area contributed by atoms with Gasteiger partial charge in [0.2, 0.25) is 5.91 Å². The molecule has 0 aliphatic rings. The molecule has 0 radical (unpaired) electrons. The second-order valence-electron chi connectivity index (χ2n) is 1.97. The van der Waals surface area contributed by atoms with Crippen molar-refractivity contribution in [1.29, 1.82) is 10.5 Å². The molecule has 0 rings (SSSR count). The van der Waals surface area contributed by atoms with Crippen molar-refractivity contribution in [3.05, 3.63) is 12.7 Å². The lowest BCUT2D eigenvalue weighted by atomic mass is 10.2. The van der Waals surface area contributed by atoms with Gasteiger partial charge >= 0.3 is 0 Å². The van der Waals surface area contributed by atoms with Crippen molar-refractivity contribution in [1.82, 2.24) is 5.32 Å². The zero-order valence-corrected chi connectivity index (χ0v) is 6.32. The second kappa shape index (κ2) is 4.89. The van der Waals surface area contributed by atoms with Gasteiger partial charge in [-0.15, -0.1) is 0 Å².